The molecule has 10 heteroatoms. The number of Topliss-reactive ketones (excluding diaryl/α,β-unsaturated/α-hetero) is 1. The summed E-state index contributed by atoms with van der Waals surface area (Å²) in [6, 6.07) is 3.10. The molecule has 0 amide bonds. The average molecular weight is 411 g/mol. The summed E-state index contributed by atoms with van der Waals surface area (Å²) >= 11 is 0. The van der Waals surface area contributed by atoms with Crippen molar-refractivity contribution in [2.45, 2.75) is 44.0 Å². The molecule has 0 saturated heterocycles. The fourth-order valence-corrected chi connectivity index (χ4v) is 3.66. The summed E-state index contributed by atoms with van der Waals surface area (Å²) in [5, 5.41) is 0. The molecule has 29 heavy (non-hydrogen) atoms. The second-order valence-corrected chi connectivity index (χ2v) is 7.18. The van der Waals surface area contributed by atoms with Crippen LogP contribution in [-0.2, 0) is 16.7 Å². The van der Waals surface area contributed by atoms with E-state index in [9.17, 15) is 22.4 Å². The number of aliphatic imine (C=N–C) groups is 1. The molecule has 1 aliphatic heterocycles. The molecule has 154 valence electrons. The first-order valence-electron chi connectivity index (χ1n) is 8.94. The number of amidine groups is 1. The first-order chi connectivity index (χ1) is 13.7. The molecule has 6 nitrogen and oxygen atoms in total. The van der Waals surface area contributed by atoms with Crippen LogP contribution in [0.1, 0.15) is 47.0 Å². The predicted octanol–water partition coefficient (Wildman–Crippen LogP) is 3.46. The summed E-state index contributed by atoms with van der Waals surface area (Å²) in [6.07, 6.45) is -4.00. The Kier molecular flexibility index (Phi) is 4.59. The minimum atomic E-state index is -3.02. The molecule has 0 bridgehead atoms. The summed E-state index contributed by atoms with van der Waals surface area (Å²) < 4.78 is 66.1. The van der Waals surface area contributed by atoms with Gasteiger partial charge in [0, 0.05) is 17.9 Å². The topological polar surface area (TPSA) is 90.7 Å². The van der Waals surface area contributed by atoms with Crippen molar-refractivity contribution >= 4 is 11.8 Å². The number of oxazole rings is 1. The van der Waals surface area contributed by atoms with Gasteiger partial charge in [-0.15, -0.1) is 0 Å². The van der Waals surface area contributed by atoms with Gasteiger partial charge in [-0.1, -0.05) is 6.07 Å². The van der Waals surface area contributed by atoms with Gasteiger partial charge in [-0.05, 0) is 31.0 Å². The number of hydrogen-bond donors (Lipinski definition) is 1. The molecule has 4 atom stereocenters. The number of nitrogens with zero attached hydrogens (tertiary/aromatic N) is 2. The van der Waals surface area contributed by atoms with Crippen LogP contribution in [0.3, 0.4) is 0 Å². The number of ketones is 1. The van der Waals surface area contributed by atoms with E-state index in [0.717, 1.165) is 12.3 Å². The van der Waals surface area contributed by atoms with Crippen molar-refractivity contribution in [1.82, 2.24) is 4.98 Å². The number of aromatic nitrogens is 1. The maximum Gasteiger partial charge on any atom is 0.283 e. The Labute approximate surface area is 162 Å². The summed E-state index contributed by atoms with van der Waals surface area (Å²) in [6.45, 7) is 1.21. The Morgan fingerprint density at radius 2 is 2.14 bits per heavy atom. The maximum atomic E-state index is 14.6. The second-order valence-electron chi connectivity index (χ2n) is 7.18. The third kappa shape index (κ3) is 3.26. The number of hydrogen-bond acceptors (Lipinski definition) is 6. The minimum Gasteiger partial charge on any atom is -0.462 e. The van der Waals surface area contributed by atoms with Gasteiger partial charge in [0.1, 0.15) is 23.9 Å². The van der Waals surface area contributed by atoms with E-state index in [0.29, 0.717) is 0 Å². The third-order valence-corrected chi connectivity index (χ3v) is 5.17. The average Bonchev–Trinajstić information content (AvgIpc) is 3.25. The molecule has 2 N–H and O–H groups in total. The SMILES string of the molecule is C[C@H](F)c1nc(C(=O)Cc2ccc(F)c([C@@]3(C(F)F)N=C(N)O[C@@H]4C[C@@H]43)c2)co1. The zero-order valence-electron chi connectivity index (χ0n) is 15.2. The molecule has 2 aliphatic rings. The molecule has 4 rings (SSSR count). The summed E-state index contributed by atoms with van der Waals surface area (Å²) in [4.78, 5) is 20.0. The number of fused-ring (bicyclic) bond motifs is 1. The van der Waals surface area contributed by atoms with Gasteiger partial charge in [0.15, 0.2) is 17.5 Å². The quantitative estimate of drug-likeness (QED) is 0.581. The third-order valence-electron chi connectivity index (χ3n) is 5.17. The van der Waals surface area contributed by atoms with Crippen LogP contribution in [0.2, 0.25) is 0 Å². The van der Waals surface area contributed by atoms with Gasteiger partial charge in [-0.3, -0.25) is 4.79 Å². The number of carbonyl (C=O) groups is 1. The molecule has 2 heterocycles. The van der Waals surface area contributed by atoms with Crippen LogP contribution in [0.4, 0.5) is 17.6 Å². The number of halogens is 4. The van der Waals surface area contributed by atoms with Gasteiger partial charge in [0.05, 0.1) is 0 Å². The fourth-order valence-electron chi connectivity index (χ4n) is 3.66. The van der Waals surface area contributed by atoms with Crippen LogP contribution in [0.25, 0.3) is 0 Å². The lowest BCUT2D eigenvalue weighted by atomic mass is 9.83. The van der Waals surface area contributed by atoms with E-state index in [1.807, 2.05) is 0 Å². The second kappa shape index (κ2) is 6.85. The molecule has 2 aromatic rings. The normalized spacial score (nSPS) is 26.5. The number of benzene rings is 1. The van der Waals surface area contributed by atoms with Crippen molar-refractivity contribution < 1.29 is 31.5 Å². The molecular formula is C19H17F4N3O3. The molecule has 1 fully saturated rings. The molecular weight excluding hydrogens is 394 g/mol. The van der Waals surface area contributed by atoms with E-state index >= 15 is 0 Å². The molecule has 1 saturated carbocycles. The first-order valence-corrected chi connectivity index (χ1v) is 8.94. The highest BCUT2D eigenvalue weighted by Gasteiger charge is 2.64. The summed E-state index contributed by atoms with van der Waals surface area (Å²) in [5.41, 5.74) is 3.22. The Hall–Kier alpha value is -2.91. The molecule has 0 unspecified atom stereocenters. The van der Waals surface area contributed by atoms with Crippen molar-refractivity contribution in [1.29, 1.82) is 0 Å². The van der Waals surface area contributed by atoms with E-state index in [-0.39, 0.29) is 35.6 Å². The van der Waals surface area contributed by atoms with E-state index in [2.05, 4.69) is 9.98 Å². The summed E-state index contributed by atoms with van der Waals surface area (Å²) in [7, 11) is 0. The van der Waals surface area contributed by atoms with E-state index in [1.54, 1.807) is 0 Å². The Balaban J connectivity index is 1.67. The fraction of sp³-hybridized carbons (Fsp3) is 0.421. The lowest BCUT2D eigenvalue weighted by molar-refractivity contribution is 0.0176. The largest absolute Gasteiger partial charge is 0.462 e. The van der Waals surface area contributed by atoms with E-state index in [1.165, 1.54) is 19.1 Å². The molecule has 1 aromatic carbocycles. The molecule has 1 aromatic heterocycles. The molecule has 0 radical (unpaired) electrons. The predicted molar refractivity (Wildman–Crippen MR) is 92.7 cm³/mol. The van der Waals surface area contributed by atoms with Crippen molar-refractivity contribution in [3.63, 3.8) is 0 Å². The first kappa shape index (κ1) is 19.4. The van der Waals surface area contributed by atoms with Gasteiger partial charge in [-0.2, -0.15) is 0 Å². The zero-order valence-corrected chi connectivity index (χ0v) is 15.2. The number of alkyl halides is 3. The van der Waals surface area contributed by atoms with Crippen LogP contribution in [0.5, 0.6) is 0 Å². The highest BCUT2D eigenvalue weighted by atomic mass is 19.3. The van der Waals surface area contributed by atoms with Crippen LogP contribution in [0.15, 0.2) is 33.9 Å². The van der Waals surface area contributed by atoms with Crippen molar-refractivity contribution in [2.24, 2.45) is 16.6 Å². The summed E-state index contributed by atoms with van der Waals surface area (Å²) in [5.74, 6) is -2.35. The number of carbonyl (C=O) groups excluding carboxylic acids is 1. The minimum absolute atomic E-state index is 0.102. The van der Waals surface area contributed by atoms with E-state index < -0.39 is 47.8 Å². The smallest absolute Gasteiger partial charge is 0.283 e. The van der Waals surface area contributed by atoms with Gasteiger partial charge in [-0.25, -0.2) is 27.5 Å². The van der Waals surface area contributed by atoms with Crippen LogP contribution in [0, 0.1) is 11.7 Å². The Bertz CT molecular complexity index is 991. The number of nitrogens with two attached hydrogens (primary N) is 1. The van der Waals surface area contributed by atoms with Crippen LogP contribution in [-0.4, -0.2) is 29.3 Å². The monoisotopic (exact) mass is 411 g/mol. The highest BCUT2D eigenvalue weighted by molar-refractivity contribution is 5.95. The standard InChI is InChI=1S/C19H17F4N3O3/c1-8(20)16-25-13(7-28-16)14(27)5-9-2-3-12(21)10(4-9)19(17(22)23)11-6-15(11)29-18(24)26-19/h2-4,7-8,11,15,17H,5-6H2,1H3,(H2,24,26)/t8-,11-,15+,19+/m0/s1. The lowest BCUT2D eigenvalue weighted by Crippen LogP contribution is -2.43. The molecule has 1 aliphatic carbocycles. The maximum absolute atomic E-state index is 14.6. The van der Waals surface area contributed by atoms with Crippen molar-refractivity contribution in [3.05, 3.63) is 53.0 Å². The van der Waals surface area contributed by atoms with Crippen molar-refractivity contribution in [2.75, 3.05) is 0 Å². The Morgan fingerprint density at radius 1 is 1.38 bits per heavy atom. The van der Waals surface area contributed by atoms with Crippen molar-refractivity contribution in [3.8, 4) is 0 Å². The number of ether oxygens (including phenoxy) is 1. The highest BCUT2D eigenvalue weighted by Crippen LogP contribution is 2.56. The van der Waals surface area contributed by atoms with Gasteiger partial charge in [0.25, 0.3) is 12.4 Å². The van der Waals surface area contributed by atoms with Gasteiger partial charge < -0.3 is 14.9 Å². The number of rotatable bonds is 6. The van der Waals surface area contributed by atoms with Crippen LogP contribution < -0.4 is 5.73 Å². The van der Waals surface area contributed by atoms with E-state index in [4.69, 9.17) is 14.9 Å². The lowest BCUT2D eigenvalue weighted by Gasteiger charge is -2.33. The van der Waals surface area contributed by atoms with Crippen LogP contribution >= 0.6 is 0 Å². The van der Waals surface area contributed by atoms with Gasteiger partial charge >= 0.3 is 0 Å². The molecule has 0 spiro atoms. The Morgan fingerprint density at radius 3 is 2.79 bits per heavy atom. The van der Waals surface area contributed by atoms with Gasteiger partial charge in [0.2, 0.25) is 5.89 Å². The zero-order chi connectivity index (χ0) is 20.9.